The van der Waals surface area contributed by atoms with Gasteiger partial charge >= 0.3 is 5.97 Å². The second-order valence-corrected chi connectivity index (χ2v) is 2.40. The van der Waals surface area contributed by atoms with Crippen LogP contribution in [0.5, 0.6) is 0 Å². The number of carbonyl (C=O) groups excluding carboxylic acids is 1. The molecule has 1 heterocycles. The molecule has 0 aromatic carbocycles. The molecule has 0 aliphatic rings. The fourth-order valence-electron chi connectivity index (χ4n) is 0.620. The quantitative estimate of drug-likeness (QED) is 0.382. The summed E-state index contributed by atoms with van der Waals surface area (Å²) in [4.78, 5) is 18.7. The summed E-state index contributed by atoms with van der Waals surface area (Å²) < 4.78 is 4.71. The van der Waals surface area contributed by atoms with Crippen molar-refractivity contribution in [3.63, 3.8) is 0 Å². The van der Waals surface area contributed by atoms with Crippen LogP contribution in [0.1, 0.15) is 25.6 Å². The van der Waals surface area contributed by atoms with Crippen LogP contribution in [0.4, 0.5) is 0 Å². The van der Waals surface area contributed by atoms with Gasteiger partial charge in [0.25, 0.3) is 0 Å². The molecule has 70 valence electrons. The average Bonchev–Trinajstić information content (AvgIpc) is 2.47. The number of aromatic nitrogens is 2. The van der Waals surface area contributed by atoms with Gasteiger partial charge in [0.05, 0.1) is 0 Å². The van der Waals surface area contributed by atoms with E-state index in [-0.39, 0.29) is 0 Å². The molecule has 0 atom stereocenters. The van der Waals surface area contributed by atoms with Crippen molar-refractivity contribution in [2.24, 2.45) is 5.16 Å². The lowest BCUT2D eigenvalue weighted by molar-refractivity contribution is -0.140. The Labute approximate surface area is 74.6 Å². The minimum absolute atomic E-state index is 0.318. The van der Waals surface area contributed by atoms with Crippen LogP contribution in [0.25, 0.3) is 0 Å². The lowest BCUT2D eigenvalue weighted by atomic mass is 10.4. The van der Waals surface area contributed by atoms with Crippen LogP contribution < -0.4 is 0 Å². The van der Waals surface area contributed by atoms with E-state index in [2.05, 4.69) is 20.1 Å². The first-order chi connectivity index (χ1) is 6.09. The van der Waals surface area contributed by atoms with E-state index in [0.29, 0.717) is 17.4 Å². The molecule has 0 spiro atoms. The third-order valence-electron chi connectivity index (χ3n) is 1.16. The fourth-order valence-corrected chi connectivity index (χ4v) is 0.620. The Morgan fingerprint density at radius 2 is 2.23 bits per heavy atom. The summed E-state index contributed by atoms with van der Waals surface area (Å²) in [5.41, 5.74) is 0.395. The maximum atomic E-state index is 10.4. The maximum Gasteiger partial charge on any atom is 0.331 e. The fraction of sp³-hybridized carbons (Fsp3) is 0.429. The molecular weight excluding hydrogens is 174 g/mol. The Bertz CT molecular complexity index is 343. The molecule has 6 nitrogen and oxygen atoms in total. The highest BCUT2D eigenvalue weighted by Crippen LogP contribution is 1.97. The van der Waals surface area contributed by atoms with E-state index >= 15 is 0 Å². The van der Waals surface area contributed by atoms with E-state index in [1.807, 2.05) is 0 Å². The lowest BCUT2D eigenvalue weighted by Crippen LogP contribution is -2.01. The van der Waals surface area contributed by atoms with Crippen LogP contribution in [0, 0.1) is 6.92 Å². The predicted molar refractivity (Wildman–Crippen MR) is 43.0 cm³/mol. The van der Waals surface area contributed by atoms with Gasteiger partial charge in [-0.15, -0.1) is 0 Å². The van der Waals surface area contributed by atoms with E-state index in [4.69, 9.17) is 4.52 Å². The molecule has 0 amide bonds. The zero-order valence-corrected chi connectivity index (χ0v) is 7.57. The van der Waals surface area contributed by atoms with Crippen molar-refractivity contribution in [2.75, 3.05) is 0 Å². The number of hydrogen-bond acceptors (Lipinski definition) is 6. The number of hydrogen-bond donors (Lipinski definition) is 0. The van der Waals surface area contributed by atoms with Crippen LogP contribution >= 0.6 is 0 Å². The Kier molecular flexibility index (Phi) is 2.73. The minimum Gasteiger partial charge on any atom is -0.339 e. The van der Waals surface area contributed by atoms with Gasteiger partial charge in [-0.05, 0) is 6.92 Å². The van der Waals surface area contributed by atoms with Gasteiger partial charge in [0.2, 0.25) is 11.7 Å². The molecule has 0 radical (unpaired) electrons. The molecular formula is C7H9N3O3. The smallest absolute Gasteiger partial charge is 0.331 e. The van der Waals surface area contributed by atoms with Gasteiger partial charge in [0.15, 0.2) is 0 Å². The maximum absolute atomic E-state index is 10.4. The molecule has 1 rings (SSSR count). The van der Waals surface area contributed by atoms with E-state index in [9.17, 15) is 4.79 Å². The van der Waals surface area contributed by atoms with Crippen molar-refractivity contribution >= 4 is 11.7 Å². The third kappa shape index (κ3) is 2.66. The molecule has 0 unspecified atom stereocenters. The van der Waals surface area contributed by atoms with E-state index < -0.39 is 5.97 Å². The zero-order chi connectivity index (χ0) is 9.84. The van der Waals surface area contributed by atoms with Gasteiger partial charge in [0.1, 0.15) is 5.71 Å². The van der Waals surface area contributed by atoms with E-state index in [1.54, 1.807) is 13.8 Å². The van der Waals surface area contributed by atoms with Gasteiger partial charge < -0.3 is 9.36 Å². The Balaban J connectivity index is 2.72. The first-order valence-electron chi connectivity index (χ1n) is 3.62. The van der Waals surface area contributed by atoms with E-state index in [0.717, 1.165) is 0 Å². The van der Waals surface area contributed by atoms with Crippen molar-refractivity contribution in [1.29, 1.82) is 0 Å². The highest BCUT2D eigenvalue weighted by Gasteiger charge is 2.06. The number of aryl methyl sites for hydroxylation is 1. The highest BCUT2D eigenvalue weighted by molar-refractivity contribution is 5.95. The Morgan fingerprint density at radius 3 is 2.69 bits per heavy atom. The van der Waals surface area contributed by atoms with Gasteiger partial charge in [-0.3, -0.25) is 0 Å². The summed E-state index contributed by atoms with van der Waals surface area (Å²) in [7, 11) is 0. The normalized spacial score (nSPS) is 11.5. The molecule has 0 N–H and O–H groups in total. The average molecular weight is 183 g/mol. The first kappa shape index (κ1) is 9.37. The largest absolute Gasteiger partial charge is 0.339 e. The monoisotopic (exact) mass is 183 g/mol. The Morgan fingerprint density at radius 1 is 1.54 bits per heavy atom. The van der Waals surface area contributed by atoms with Gasteiger partial charge in [-0.25, -0.2) is 4.79 Å². The molecule has 0 aliphatic carbocycles. The molecule has 1 aromatic heterocycles. The Hall–Kier alpha value is -1.72. The number of rotatable bonds is 2. The molecule has 0 saturated carbocycles. The van der Waals surface area contributed by atoms with Crippen LogP contribution in [0.3, 0.4) is 0 Å². The highest BCUT2D eigenvalue weighted by atomic mass is 16.7. The van der Waals surface area contributed by atoms with Gasteiger partial charge in [-0.1, -0.05) is 10.3 Å². The summed E-state index contributed by atoms with van der Waals surface area (Å²) in [6, 6.07) is 0. The molecule has 6 heteroatoms. The summed E-state index contributed by atoms with van der Waals surface area (Å²) in [5.74, 6) is 0.269. The molecule has 0 bridgehead atoms. The zero-order valence-electron chi connectivity index (χ0n) is 7.57. The van der Waals surface area contributed by atoms with Crippen LogP contribution in [-0.4, -0.2) is 21.8 Å². The van der Waals surface area contributed by atoms with Crippen molar-refractivity contribution in [2.45, 2.75) is 20.8 Å². The molecule has 0 aliphatic heterocycles. The molecule has 0 fully saturated rings. The first-order valence-corrected chi connectivity index (χ1v) is 3.62. The van der Waals surface area contributed by atoms with Crippen LogP contribution in [0.15, 0.2) is 9.68 Å². The molecule has 1 aromatic rings. The van der Waals surface area contributed by atoms with Gasteiger partial charge in [-0.2, -0.15) is 4.98 Å². The topological polar surface area (TPSA) is 77.6 Å². The number of carbonyl (C=O) groups is 1. The van der Waals surface area contributed by atoms with Crippen molar-refractivity contribution < 1.29 is 14.2 Å². The van der Waals surface area contributed by atoms with Crippen LogP contribution in [-0.2, 0) is 9.63 Å². The number of oxime groups is 1. The second kappa shape index (κ2) is 3.79. The minimum atomic E-state index is -0.487. The van der Waals surface area contributed by atoms with Gasteiger partial charge in [0, 0.05) is 13.8 Å². The summed E-state index contributed by atoms with van der Waals surface area (Å²) in [6.07, 6.45) is 0. The standard InChI is InChI=1S/C7H9N3O3/c1-4(9-13-6(3)11)7-8-5(2)12-10-7/h1-3H3/b9-4-. The summed E-state index contributed by atoms with van der Waals surface area (Å²) in [6.45, 7) is 4.54. The third-order valence-corrected chi connectivity index (χ3v) is 1.16. The van der Waals surface area contributed by atoms with Crippen molar-refractivity contribution in [3.8, 4) is 0 Å². The molecule has 0 saturated heterocycles. The summed E-state index contributed by atoms with van der Waals surface area (Å²) in [5, 5.41) is 7.07. The molecule has 13 heavy (non-hydrogen) atoms. The SMILES string of the molecule is CC(=O)O/N=C(/C)c1noc(C)n1. The number of nitrogens with zero attached hydrogens (tertiary/aromatic N) is 3. The van der Waals surface area contributed by atoms with Crippen LogP contribution in [0.2, 0.25) is 0 Å². The predicted octanol–water partition coefficient (Wildman–Crippen LogP) is 0.665. The second-order valence-electron chi connectivity index (χ2n) is 2.40. The van der Waals surface area contributed by atoms with Crippen molar-refractivity contribution in [1.82, 2.24) is 10.1 Å². The summed E-state index contributed by atoms with van der Waals surface area (Å²) >= 11 is 0. The van der Waals surface area contributed by atoms with Crippen molar-refractivity contribution in [3.05, 3.63) is 11.7 Å². The van der Waals surface area contributed by atoms with E-state index in [1.165, 1.54) is 6.92 Å². The lowest BCUT2D eigenvalue weighted by Gasteiger charge is -1.91.